The number of amides is 1. The molecule has 0 bridgehead atoms. The molecule has 0 aromatic heterocycles. The van der Waals surface area contributed by atoms with Crippen LogP contribution >= 0.6 is 0 Å². The topological polar surface area (TPSA) is 228 Å². The molecule has 0 saturated carbocycles. The highest BCUT2D eigenvalue weighted by Gasteiger charge is 2.51. The summed E-state index contributed by atoms with van der Waals surface area (Å²) in [5.41, 5.74) is 0. The molecular formula is C63H121NO13. The Kier molecular flexibility index (Phi) is 46.0. The lowest BCUT2D eigenvalue weighted by Gasteiger charge is -2.46. The summed E-state index contributed by atoms with van der Waals surface area (Å²) in [6.45, 7) is 2.89. The fourth-order valence-corrected chi connectivity index (χ4v) is 11.0. The smallest absolute Gasteiger partial charge is 0.220 e. The highest BCUT2D eigenvalue weighted by Crippen LogP contribution is 2.30. The monoisotopic (exact) mass is 1100 g/mol. The van der Waals surface area contributed by atoms with Crippen LogP contribution in [0.4, 0.5) is 0 Å². The Balaban J connectivity index is 1.70. The number of carbonyl (C=O) groups is 1. The summed E-state index contributed by atoms with van der Waals surface area (Å²) in [4.78, 5) is 13.3. The molecule has 2 aliphatic rings. The molecule has 0 radical (unpaired) electrons. The van der Waals surface area contributed by atoms with E-state index in [-0.39, 0.29) is 12.5 Å². The van der Waals surface area contributed by atoms with Crippen molar-refractivity contribution >= 4 is 5.91 Å². The lowest BCUT2D eigenvalue weighted by Crippen LogP contribution is -2.65. The summed E-state index contributed by atoms with van der Waals surface area (Å²) >= 11 is 0. The predicted octanol–water partition coefficient (Wildman–Crippen LogP) is 11.8. The Labute approximate surface area is 469 Å². The van der Waals surface area contributed by atoms with Gasteiger partial charge in [-0.1, -0.05) is 257 Å². The average Bonchev–Trinajstić information content (AvgIpc) is 3.44. The summed E-state index contributed by atoms with van der Waals surface area (Å²) in [7, 11) is 0. The number of hydrogen-bond donors (Lipinski definition) is 9. The van der Waals surface area contributed by atoms with Crippen LogP contribution in [-0.2, 0) is 23.7 Å². The Morgan fingerprint density at radius 3 is 1.23 bits per heavy atom. The highest BCUT2D eigenvalue weighted by molar-refractivity contribution is 5.76. The lowest BCUT2D eigenvalue weighted by atomic mass is 9.97. The van der Waals surface area contributed by atoms with Crippen LogP contribution in [-0.4, -0.2) is 140 Å². The number of ether oxygens (including phenoxy) is 4. The van der Waals surface area contributed by atoms with E-state index in [0.29, 0.717) is 12.8 Å². The third-order valence-electron chi connectivity index (χ3n) is 16.2. The van der Waals surface area contributed by atoms with Gasteiger partial charge < -0.3 is 65.1 Å². The van der Waals surface area contributed by atoms with Crippen molar-refractivity contribution in [1.82, 2.24) is 5.32 Å². The molecular weight excluding hydrogens is 979 g/mol. The number of hydrogen-bond acceptors (Lipinski definition) is 13. The van der Waals surface area contributed by atoms with E-state index in [1.807, 2.05) is 0 Å². The first-order chi connectivity index (χ1) is 37.6. The molecule has 12 unspecified atom stereocenters. The fraction of sp³-hybridized carbons (Fsp3) is 0.952. The van der Waals surface area contributed by atoms with Crippen LogP contribution < -0.4 is 5.32 Å². The molecule has 456 valence electrons. The van der Waals surface area contributed by atoms with E-state index in [2.05, 4.69) is 31.3 Å². The molecule has 2 fully saturated rings. The summed E-state index contributed by atoms with van der Waals surface area (Å²) in [6.07, 6.45) is 40.7. The van der Waals surface area contributed by atoms with Crippen LogP contribution in [0.25, 0.3) is 0 Å². The first-order valence-electron chi connectivity index (χ1n) is 32.4. The van der Waals surface area contributed by atoms with Crippen LogP contribution in [0, 0.1) is 0 Å². The molecule has 14 heteroatoms. The number of rotatable bonds is 53. The maximum atomic E-state index is 13.3. The van der Waals surface area contributed by atoms with Crippen LogP contribution in [0.3, 0.4) is 0 Å². The van der Waals surface area contributed by atoms with Crippen molar-refractivity contribution in [3.8, 4) is 0 Å². The van der Waals surface area contributed by atoms with E-state index in [4.69, 9.17) is 18.9 Å². The fourth-order valence-electron chi connectivity index (χ4n) is 11.0. The number of aliphatic hydroxyl groups is 8. The molecule has 2 aliphatic heterocycles. The van der Waals surface area contributed by atoms with E-state index in [9.17, 15) is 45.6 Å². The van der Waals surface area contributed by atoms with Gasteiger partial charge in [-0.25, -0.2) is 0 Å². The van der Waals surface area contributed by atoms with Crippen molar-refractivity contribution in [3.05, 3.63) is 12.2 Å². The number of aliphatic hydroxyl groups excluding tert-OH is 8. The van der Waals surface area contributed by atoms with Crippen LogP contribution in [0.5, 0.6) is 0 Å². The number of nitrogens with one attached hydrogen (secondary N) is 1. The van der Waals surface area contributed by atoms with Gasteiger partial charge in [0.1, 0.15) is 48.8 Å². The van der Waals surface area contributed by atoms with Crippen LogP contribution in [0.15, 0.2) is 12.2 Å². The zero-order chi connectivity index (χ0) is 56.0. The van der Waals surface area contributed by atoms with Gasteiger partial charge in [-0.3, -0.25) is 4.79 Å². The second-order valence-corrected chi connectivity index (χ2v) is 23.2. The predicted molar refractivity (Wildman–Crippen MR) is 309 cm³/mol. The summed E-state index contributed by atoms with van der Waals surface area (Å²) < 4.78 is 22.9. The van der Waals surface area contributed by atoms with Gasteiger partial charge in [-0.2, -0.15) is 0 Å². The van der Waals surface area contributed by atoms with Crippen molar-refractivity contribution in [2.24, 2.45) is 0 Å². The normalized spacial score (nSPS) is 24.7. The molecule has 0 spiro atoms. The van der Waals surface area contributed by atoms with Crippen molar-refractivity contribution in [2.45, 2.75) is 364 Å². The quantitative estimate of drug-likeness (QED) is 0.0204. The Hall–Kier alpha value is -1.27. The minimum absolute atomic E-state index is 0.207. The van der Waals surface area contributed by atoms with Gasteiger partial charge in [0, 0.05) is 6.42 Å². The molecule has 1 amide bonds. The van der Waals surface area contributed by atoms with Gasteiger partial charge in [0.2, 0.25) is 5.91 Å². The van der Waals surface area contributed by atoms with E-state index in [1.54, 1.807) is 0 Å². The SMILES string of the molecule is CCCCCCCC/C=C\CCCCCCCCCC(=O)NC(COC1OC(CO)C(OC2OC(CO)C(O)C(O)C2O)C(O)C1O)C(O)CCCCCCCCCCCCCCCCCCCCCCCCCCCC. The highest BCUT2D eigenvalue weighted by atomic mass is 16.7. The number of allylic oxidation sites excluding steroid dienone is 2. The summed E-state index contributed by atoms with van der Waals surface area (Å²) in [5.74, 6) is -0.207. The first-order valence-corrected chi connectivity index (χ1v) is 32.4. The van der Waals surface area contributed by atoms with Crippen molar-refractivity contribution < 1.29 is 64.6 Å². The Bertz CT molecular complexity index is 1340. The molecule has 2 heterocycles. The molecule has 14 nitrogen and oxygen atoms in total. The Morgan fingerprint density at radius 2 is 0.818 bits per heavy atom. The van der Waals surface area contributed by atoms with Crippen molar-refractivity contribution in [2.75, 3.05) is 19.8 Å². The summed E-state index contributed by atoms with van der Waals surface area (Å²) in [5, 5.41) is 87.4. The zero-order valence-corrected chi connectivity index (χ0v) is 49.2. The van der Waals surface area contributed by atoms with Gasteiger partial charge in [0.15, 0.2) is 12.6 Å². The third-order valence-corrected chi connectivity index (χ3v) is 16.2. The minimum atomic E-state index is -1.78. The largest absolute Gasteiger partial charge is 0.394 e. The molecule has 12 atom stereocenters. The Morgan fingerprint density at radius 1 is 0.455 bits per heavy atom. The van der Waals surface area contributed by atoms with Gasteiger partial charge in [-0.15, -0.1) is 0 Å². The molecule has 77 heavy (non-hydrogen) atoms. The molecule has 0 aromatic carbocycles. The van der Waals surface area contributed by atoms with E-state index < -0.39 is 86.8 Å². The van der Waals surface area contributed by atoms with Crippen LogP contribution in [0.1, 0.15) is 290 Å². The molecule has 2 rings (SSSR count). The zero-order valence-electron chi connectivity index (χ0n) is 49.2. The van der Waals surface area contributed by atoms with E-state index in [1.165, 1.54) is 205 Å². The molecule has 9 N–H and O–H groups in total. The first kappa shape index (κ1) is 71.8. The van der Waals surface area contributed by atoms with Crippen molar-refractivity contribution in [1.29, 1.82) is 0 Å². The number of unbranched alkanes of at least 4 members (excludes halogenated alkanes) is 38. The second-order valence-electron chi connectivity index (χ2n) is 23.2. The maximum Gasteiger partial charge on any atom is 0.220 e. The van der Waals surface area contributed by atoms with Crippen LogP contribution in [0.2, 0.25) is 0 Å². The third kappa shape index (κ3) is 34.7. The van der Waals surface area contributed by atoms with E-state index >= 15 is 0 Å². The second kappa shape index (κ2) is 49.3. The maximum absolute atomic E-state index is 13.3. The minimum Gasteiger partial charge on any atom is -0.394 e. The van der Waals surface area contributed by atoms with Gasteiger partial charge in [0.05, 0.1) is 32.0 Å². The van der Waals surface area contributed by atoms with E-state index in [0.717, 1.165) is 57.8 Å². The van der Waals surface area contributed by atoms with Gasteiger partial charge in [0.25, 0.3) is 0 Å². The number of carbonyl (C=O) groups excluding carboxylic acids is 1. The molecule has 2 saturated heterocycles. The average molecular weight is 1100 g/mol. The molecule has 0 aliphatic carbocycles. The summed E-state index contributed by atoms with van der Waals surface area (Å²) in [6, 6.07) is -0.829. The lowest BCUT2D eigenvalue weighted by molar-refractivity contribution is -0.359. The van der Waals surface area contributed by atoms with Gasteiger partial charge >= 0.3 is 0 Å². The van der Waals surface area contributed by atoms with Crippen molar-refractivity contribution in [3.63, 3.8) is 0 Å². The molecule has 0 aromatic rings. The van der Waals surface area contributed by atoms with Gasteiger partial charge in [-0.05, 0) is 38.5 Å². The standard InChI is InChI=1S/C63H121NO13/c1-3-5-7-9-11-13-15-17-19-21-22-23-24-25-26-27-28-29-31-32-34-36-38-40-42-44-46-52(67)51(64-55(68)47-45-43-41-39-37-35-33-30-20-18-16-14-12-10-8-6-4-2)50-74-62-60(73)58(71)61(54(49-66)76-62)77-63-59(72)57(70)56(69)53(48-65)75-63/h18,20,51-54,56-63,65-67,69-73H,3-17,19,21-50H2,1-2H3,(H,64,68)/b20-18-.